The summed E-state index contributed by atoms with van der Waals surface area (Å²) in [6.45, 7) is 6.65. The van der Waals surface area contributed by atoms with Crippen LogP contribution >= 0.6 is 0 Å². The van der Waals surface area contributed by atoms with Gasteiger partial charge in [-0.2, -0.15) is 0 Å². The number of nitrogens with one attached hydrogen (secondary N) is 3. The number of amides is 2. The molecule has 2 fully saturated rings. The van der Waals surface area contributed by atoms with Crippen LogP contribution in [-0.2, 0) is 16.0 Å². The number of carbonyl (C=O) groups is 2. The van der Waals surface area contributed by atoms with E-state index in [0.29, 0.717) is 12.5 Å². The van der Waals surface area contributed by atoms with E-state index in [2.05, 4.69) is 22.9 Å². The fourth-order valence-corrected chi connectivity index (χ4v) is 4.45. The van der Waals surface area contributed by atoms with Gasteiger partial charge in [0.1, 0.15) is 0 Å². The molecule has 0 radical (unpaired) electrons. The van der Waals surface area contributed by atoms with Crippen LogP contribution in [0.25, 0.3) is 0 Å². The van der Waals surface area contributed by atoms with Crippen molar-refractivity contribution in [2.75, 3.05) is 31.5 Å². The first kappa shape index (κ1) is 23.1. The fourth-order valence-electron chi connectivity index (χ4n) is 4.45. The standard InChI is InChI=1S/C24H37N5O2/c1-3-25-24(26-15-13-19-9-11-21(12-10-19)27-18(2)30)28-22-14-16-29(17-22)23(31)20-7-5-4-6-8-20/h9-12,20,22H,3-8,13-17H2,1-2H3,(H,27,30)(H2,25,26,28). The van der Waals surface area contributed by atoms with E-state index in [1.165, 1.54) is 31.7 Å². The Morgan fingerprint density at radius 1 is 1.10 bits per heavy atom. The Balaban J connectivity index is 1.47. The highest BCUT2D eigenvalue weighted by molar-refractivity contribution is 5.88. The van der Waals surface area contributed by atoms with Gasteiger partial charge in [-0.15, -0.1) is 0 Å². The lowest BCUT2D eigenvalue weighted by Gasteiger charge is -2.26. The Labute approximate surface area is 186 Å². The smallest absolute Gasteiger partial charge is 0.225 e. The van der Waals surface area contributed by atoms with E-state index in [-0.39, 0.29) is 17.9 Å². The molecule has 7 nitrogen and oxygen atoms in total. The lowest BCUT2D eigenvalue weighted by atomic mass is 9.88. The molecular weight excluding hydrogens is 390 g/mol. The summed E-state index contributed by atoms with van der Waals surface area (Å²) in [6.07, 6.45) is 7.57. The van der Waals surface area contributed by atoms with Gasteiger partial charge in [0.05, 0.1) is 0 Å². The predicted octanol–water partition coefficient (Wildman–Crippen LogP) is 2.92. The Hall–Kier alpha value is -2.57. The van der Waals surface area contributed by atoms with Crippen molar-refractivity contribution in [3.63, 3.8) is 0 Å². The maximum atomic E-state index is 12.8. The monoisotopic (exact) mass is 427 g/mol. The van der Waals surface area contributed by atoms with Gasteiger partial charge in [0.25, 0.3) is 0 Å². The van der Waals surface area contributed by atoms with E-state index >= 15 is 0 Å². The summed E-state index contributed by atoms with van der Waals surface area (Å²) in [6, 6.07) is 8.13. The molecule has 31 heavy (non-hydrogen) atoms. The summed E-state index contributed by atoms with van der Waals surface area (Å²) in [7, 11) is 0. The van der Waals surface area contributed by atoms with Crippen LogP contribution < -0.4 is 16.0 Å². The number of carbonyl (C=O) groups excluding carboxylic acids is 2. The van der Waals surface area contributed by atoms with Gasteiger partial charge < -0.3 is 20.9 Å². The minimum Gasteiger partial charge on any atom is -0.357 e. The average molecular weight is 428 g/mol. The van der Waals surface area contributed by atoms with Crippen LogP contribution in [-0.4, -0.2) is 54.9 Å². The van der Waals surface area contributed by atoms with Gasteiger partial charge in [-0.05, 0) is 50.3 Å². The van der Waals surface area contributed by atoms with Gasteiger partial charge in [0, 0.05) is 50.7 Å². The molecule has 2 aliphatic rings. The van der Waals surface area contributed by atoms with E-state index in [1.807, 2.05) is 29.2 Å². The predicted molar refractivity (Wildman–Crippen MR) is 125 cm³/mol. The molecule has 7 heteroatoms. The minimum atomic E-state index is -0.0652. The molecule has 0 bridgehead atoms. The maximum absolute atomic E-state index is 12.8. The molecule has 0 aromatic heterocycles. The van der Waals surface area contributed by atoms with Crippen LogP contribution in [0, 0.1) is 5.92 Å². The van der Waals surface area contributed by atoms with E-state index in [9.17, 15) is 9.59 Å². The highest BCUT2D eigenvalue weighted by Gasteiger charge is 2.31. The molecule has 170 valence electrons. The maximum Gasteiger partial charge on any atom is 0.225 e. The van der Waals surface area contributed by atoms with Gasteiger partial charge in [-0.1, -0.05) is 31.4 Å². The Morgan fingerprint density at radius 2 is 1.84 bits per heavy atom. The topological polar surface area (TPSA) is 85.8 Å². The molecule has 1 aromatic carbocycles. The molecule has 1 heterocycles. The van der Waals surface area contributed by atoms with Crippen molar-refractivity contribution in [3.05, 3.63) is 29.8 Å². The van der Waals surface area contributed by atoms with Crippen molar-refractivity contribution >= 4 is 23.5 Å². The average Bonchev–Trinajstić information content (AvgIpc) is 3.23. The Kier molecular flexibility index (Phi) is 8.74. The number of aliphatic imine (C=N–C) groups is 1. The van der Waals surface area contributed by atoms with Crippen molar-refractivity contribution < 1.29 is 9.59 Å². The first-order chi connectivity index (χ1) is 15.0. The lowest BCUT2D eigenvalue weighted by molar-refractivity contribution is -0.135. The second-order valence-corrected chi connectivity index (χ2v) is 8.64. The summed E-state index contributed by atoms with van der Waals surface area (Å²) < 4.78 is 0. The molecule has 1 unspecified atom stereocenters. The zero-order valence-electron chi connectivity index (χ0n) is 19.0. The Bertz CT molecular complexity index is 756. The first-order valence-electron chi connectivity index (χ1n) is 11.8. The normalized spacial score (nSPS) is 19.9. The third kappa shape index (κ3) is 7.26. The van der Waals surface area contributed by atoms with Crippen LogP contribution in [0.3, 0.4) is 0 Å². The van der Waals surface area contributed by atoms with Crippen LogP contribution in [0.4, 0.5) is 5.69 Å². The molecule has 3 rings (SSSR count). The summed E-state index contributed by atoms with van der Waals surface area (Å²) in [5.74, 6) is 1.35. The van der Waals surface area contributed by atoms with Crippen molar-refractivity contribution in [2.24, 2.45) is 10.9 Å². The van der Waals surface area contributed by atoms with Gasteiger partial charge in [0.15, 0.2) is 5.96 Å². The summed E-state index contributed by atoms with van der Waals surface area (Å²) >= 11 is 0. The van der Waals surface area contributed by atoms with E-state index in [4.69, 9.17) is 4.99 Å². The molecule has 1 saturated heterocycles. The minimum absolute atomic E-state index is 0.0652. The molecule has 1 aliphatic carbocycles. The third-order valence-corrected chi connectivity index (χ3v) is 6.08. The van der Waals surface area contributed by atoms with Gasteiger partial charge >= 0.3 is 0 Å². The molecular formula is C24H37N5O2. The molecule has 1 atom stereocenters. The summed E-state index contributed by atoms with van der Waals surface area (Å²) in [5, 5.41) is 9.62. The van der Waals surface area contributed by atoms with E-state index in [0.717, 1.165) is 57.0 Å². The third-order valence-electron chi connectivity index (χ3n) is 6.08. The lowest BCUT2D eigenvalue weighted by Crippen LogP contribution is -2.45. The quantitative estimate of drug-likeness (QED) is 0.461. The number of likely N-dealkylation sites (tertiary alicyclic amines) is 1. The number of rotatable bonds is 7. The highest BCUT2D eigenvalue weighted by Crippen LogP contribution is 2.26. The number of hydrogen-bond acceptors (Lipinski definition) is 3. The molecule has 1 saturated carbocycles. The molecule has 2 amide bonds. The second kappa shape index (κ2) is 11.7. The Morgan fingerprint density at radius 3 is 2.52 bits per heavy atom. The SMILES string of the molecule is CCNC(=NCCc1ccc(NC(C)=O)cc1)NC1CCN(C(=O)C2CCCCC2)C1. The van der Waals surface area contributed by atoms with E-state index < -0.39 is 0 Å². The molecule has 0 spiro atoms. The number of benzene rings is 1. The zero-order chi connectivity index (χ0) is 22.1. The van der Waals surface area contributed by atoms with Crippen molar-refractivity contribution in [1.29, 1.82) is 0 Å². The largest absolute Gasteiger partial charge is 0.357 e. The fraction of sp³-hybridized carbons (Fsp3) is 0.625. The summed E-state index contributed by atoms with van der Waals surface area (Å²) in [5.41, 5.74) is 1.99. The number of nitrogens with zero attached hydrogens (tertiary/aromatic N) is 2. The van der Waals surface area contributed by atoms with Crippen LogP contribution in [0.15, 0.2) is 29.3 Å². The number of anilines is 1. The van der Waals surface area contributed by atoms with Crippen LogP contribution in [0.5, 0.6) is 0 Å². The molecule has 1 aliphatic heterocycles. The molecule has 1 aromatic rings. The second-order valence-electron chi connectivity index (χ2n) is 8.64. The van der Waals surface area contributed by atoms with Crippen LogP contribution in [0.1, 0.15) is 57.9 Å². The first-order valence-corrected chi connectivity index (χ1v) is 11.8. The highest BCUT2D eigenvalue weighted by atomic mass is 16.2. The number of hydrogen-bond donors (Lipinski definition) is 3. The van der Waals surface area contributed by atoms with Gasteiger partial charge in [0.2, 0.25) is 11.8 Å². The molecule has 3 N–H and O–H groups in total. The van der Waals surface area contributed by atoms with Gasteiger partial charge in [-0.3, -0.25) is 14.6 Å². The van der Waals surface area contributed by atoms with Crippen LogP contribution in [0.2, 0.25) is 0 Å². The number of guanidine groups is 1. The summed E-state index contributed by atoms with van der Waals surface area (Å²) in [4.78, 5) is 30.7. The van der Waals surface area contributed by atoms with Gasteiger partial charge in [-0.25, -0.2) is 0 Å². The zero-order valence-corrected chi connectivity index (χ0v) is 19.0. The van der Waals surface area contributed by atoms with Crippen molar-refractivity contribution in [2.45, 2.75) is 64.8 Å². The van der Waals surface area contributed by atoms with Crippen molar-refractivity contribution in [1.82, 2.24) is 15.5 Å². The van der Waals surface area contributed by atoms with E-state index in [1.54, 1.807) is 0 Å². The van der Waals surface area contributed by atoms with Crippen molar-refractivity contribution in [3.8, 4) is 0 Å².